The van der Waals surface area contributed by atoms with Crippen LogP contribution in [0.3, 0.4) is 0 Å². The average Bonchev–Trinajstić information content (AvgIpc) is 2.87. The molecule has 0 aliphatic heterocycles. The van der Waals surface area contributed by atoms with Crippen LogP contribution in [-0.2, 0) is 0 Å². The van der Waals surface area contributed by atoms with Crippen LogP contribution in [0.2, 0.25) is 0 Å². The smallest absolute Gasteiger partial charge is 0.0209 e. The highest BCUT2D eigenvalue weighted by Gasteiger charge is 2.34. The molecule has 0 aliphatic carbocycles. The predicted octanol–water partition coefficient (Wildman–Crippen LogP) is 6.46. The highest BCUT2D eigenvalue weighted by Crippen LogP contribution is 2.35. The van der Waals surface area contributed by atoms with Crippen LogP contribution in [0.1, 0.15) is 148 Å². The number of rotatable bonds is 29. The van der Waals surface area contributed by atoms with Crippen LogP contribution >= 0.6 is 0 Å². The minimum absolute atomic E-state index is 0.348. The molecule has 0 fully saturated rings. The van der Waals surface area contributed by atoms with E-state index in [-0.39, 0.29) is 0 Å². The summed E-state index contributed by atoms with van der Waals surface area (Å²) in [7, 11) is 0. The molecule has 1 atom stereocenters. The zero-order valence-electron chi connectivity index (χ0n) is 24.1. The molecule has 5 heteroatoms. The number of hydrogen-bond donors (Lipinski definition) is 4. The first-order valence-corrected chi connectivity index (χ1v) is 15.8. The van der Waals surface area contributed by atoms with Gasteiger partial charge in [-0.05, 0) is 97.1 Å². The molecular formula is C30H67N5. The van der Waals surface area contributed by atoms with Crippen LogP contribution < -0.4 is 22.9 Å². The maximum Gasteiger partial charge on any atom is 0.0209 e. The van der Waals surface area contributed by atoms with Gasteiger partial charge in [-0.1, -0.05) is 90.4 Å². The Hall–Kier alpha value is -0.200. The van der Waals surface area contributed by atoms with Gasteiger partial charge in [0.1, 0.15) is 0 Å². The van der Waals surface area contributed by atoms with E-state index in [9.17, 15) is 0 Å². The third kappa shape index (κ3) is 19.6. The van der Waals surface area contributed by atoms with Crippen molar-refractivity contribution in [3.05, 3.63) is 0 Å². The molecule has 0 saturated heterocycles. The van der Waals surface area contributed by atoms with Gasteiger partial charge >= 0.3 is 0 Å². The summed E-state index contributed by atoms with van der Waals surface area (Å²) in [5.74, 6) is 0. The zero-order valence-corrected chi connectivity index (χ0v) is 24.1. The van der Waals surface area contributed by atoms with Crippen LogP contribution in [0.5, 0.6) is 0 Å². The lowest BCUT2D eigenvalue weighted by atomic mass is 9.79. The molecule has 0 aliphatic rings. The molecule has 0 heterocycles. The van der Waals surface area contributed by atoms with Crippen molar-refractivity contribution in [2.45, 2.75) is 154 Å². The van der Waals surface area contributed by atoms with E-state index in [1.54, 1.807) is 0 Å². The highest BCUT2D eigenvalue weighted by molar-refractivity contribution is 4.91. The zero-order chi connectivity index (χ0) is 25.9. The van der Waals surface area contributed by atoms with E-state index < -0.39 is 0 Å². The monoisotopic (exact) mass is 498 g/mol. The van der Waals surface area contributed by atoms with Gasteiger partial charge in [0.05, 0.1) is 0 Å². The van der Waals surface area contributed by atoms with Gasteiger partial charge in [0.25, 0.3) is 0 Å². The molecule has 35 heavy (non-hydrogen) atoms. The SMILES string of the molecule is CCCCCCCC(CCCCN)(CCCCCN)N(CCCCCCN)CCCCCCCN. The van der Waals surface area contributed by atoms with Gasteiger partial charge in [-0.2, -0.15) is 0 Å². The maximum absolute atomic E-state index is 5.95. The summed E-state index contributed by atoms with van der Waals surface area (Å²) >= 11 is 0. The van der Waals surface area contributed by atoms with Crippen LogP contribution in [0, 0.1) is 0 Å². The molecule has 0 spiro atoms. The fourth-order valence-corrected chi connectivity index (χ4v) is 5.64. The largest absolute Gasteiger partial charge is 0.330 e. The molecule has 0 bridgehead atoms. The molecule has 0 aromatic heterocycles. The fraction of sp³-hybridized carbons (Fsp3) is 1.00. The Morgan fingerprint density at radius 3 is 1.17 bits per heavy atom. The summed E-state index contributed by atoms with van der Waals surface area (Å²) in [5, 5.41) is 0. The van der Waals surface area contributed by atoms with Crippen molar-refractivity contribution in [2.75, 3.05) is 39.3 Å². The number of hydrogen-bond acceptors (Lipinski definition) is 5. The van der Waals surface area contributed by atoms with Gasteiger partial charge in [-0.25, -0.2) is 0 Å². The van der Waals surface area contributed by atoms with Gasteiger partial charge in [0.15, 0.2) is 0 Å². The van der Waals surface area contributed by atoms with E-state index in [0.29, 0.717) is 5.54 Å². The first-order chi connectivity index (χ1) is 17.2. The molecule has 0 amide bonds. The van der Waals surface area contributed by atoms with Gasteiger partial charge in [-0.15, -0.1) is 0 Å². The molecule has 0 aromatic rings. The topological polar surface area (TPSA) is 107 Å². The van der Waals surface area contributed by atoms with Crippen molar-refractivity contribution >= 4 is 0 Å². The molecule has 0 aromatic carbocycles. The van der Waals surface area contributed by atoms with Crippen molar-refractivity contribution in [3.8, 4) is 0 Å². The van der Waals surface area contributed by atoms with Crippen LogP contribution in [-0.4, -0.2) is 49.7 Å². The summed E-state index contributed by atoms with van der Waals surface area (Å²) in [6.45, 7) is 8.13. The van der Waals surface area contributed by atoms with Crippen molar-refractivity contribution < 1.29 is 0 Å². The van der Waals surface area contributed by atoms with Crippen molar-refractivity contribution in [1.82, 2.24) is 4.90 Å². The molecule has 1 unspecified atom stereocenters. The lowest BCUT2D eigenvalue weighted by molar-refractivity contribution is 0.0490. The van der Waals surface area contributed by atoms with Gasteiger partial charge < -0.3 is 22.9 Å². The van der Waals surface area contributed by atoms with Gasteiger partial charge in [-0.3, -0.25) is 4.90 Å². The average molecular weight is 498 g/mol. The van der Waals surface area contributed by atoms with Gasteiger partial charge in [0, 0.05) is 5.54 Å². The van der Waals surface area contributed by atoms with Crippen molar-refractivity contribution in [1.29, 1.82) is 0 Å². The fourth-order valence-electron chi connectivity index (χ4n) is 5.64. The number of unbranched alkanes of at least 4 members (excludes halogenated alkanes) is 14. The Bertz CT molecular complexity index is 406. The van der Waals surface area contributed by atoms with E-state index in [4.69, 9.17) is 22.9 Å². The first kappa shape index (κ1) is 34.8. The third-order valence-electron chi connectivity index (χ3n) is 7.87. The van der Waals surface area contributed by atoms with Crippen LogP contribution in [0.15, 0.2) is 0 Å². The van der Waals surface area contributed by atoms with E-state index in [2.05, 4.69) is 11.8 Å². The molecule has 0 rings (SSSR count). The Morgan fingerprint density at radius 2 is 0.714 bits per heavy atom. The van der Waals surface area contributed by atoms with E-state index >= 15 is 0 Å². The van der Waals surface area contributed by atoms with Crippen LogP contribution in [0.25, 0.3) is 0 Å². The Balaban J connectivity index is 5.41. The lowest BCUT2D eigenvalue weighted by Crippen LogP contribution is -2.50. The van der Waals surface area contributed by atoms with E-state index in [1.807, 2.05) is 0 Å². The minimum atomic E-state index is 0.348. The lowest BCUT2D eigenvalue weighted by Gasteiger charge is -2.46. The maximum atomic E-state index is 5.95. The summed E-state index contributed by atoms with van der Waals surface area (Å²) < 4.78 is 0. The molecule has 5 nitrogen and oxygen atoms in total. The summed E-state index contributed by atoms with van der Waals surface area (Å²) in [4.78, 5) is 2.97. The number of nitrogens with zero attached hydrogens (tertiary/aromatic N) is 1. The second kappa shape index (κ2) is 26.9. The quantitative estimate of drug-likeness (QED) is 0.0886. The third-order valence-corrected chi connectivity index (χ3v) is 7.87. The normalized spacial score (nSPS) is 13.5. The molecule has 0 saturated carbocycles. The Morgan fingerprint density at radius 1 is 0.400 bits per heavy atom. The Labute approximate surface area is 220 Å². The predicted molar refractivity (Wildman–Crippen MR) is 158 cm³/mol. The second-order valence-corrected chi connectivity index (χ2v) is 11.0. The summed E-state index contributed by atoms with van der Waals surface area (Å²) in [6.07, 6.45) is 28.6. The summed E-state index contributed by atoms with van der Waals surface area (Å²) in [5.41, 5.74) is 23.6. The molecule has 8 N–H and O–H groups in total. The van der Waals surface area contributed by atoms with Crippen LogP contribution in [0.4, 0.5) is 0 Å². The molecule has 212 valence electrons. The second-order valence-electron chi connectivity index (χ2n) is 11.0. The van der Waals surface area contributed by atoms with Crippen molar-refractivity contribution in [2.24, 2.45) is 22.9 Å². The highest BCUT2D eigenvalue weighted by atomic mass is 15.2. The molecule has 0 radical (unpaired) electrons. The standard InChI is InChI=1S/C30H67N5/c1-2-3-4-6-12-21-30(23-14-18-27-34,22-13-11-17-26-33)35(29-20-10-8-16-25-32)28-19-9-5-7-15-24-31/h2-29,31-34H2,1H3. The molecular weight excluding hydrogens is 430 g/mol. The van der Waals surface area contributed by atoms with Crippen molar-refractivity contribution in [3.63, 3.8) is 0 Å². The van der Waals surface area contributed by atoms with E-state index in [1.165, 1.54) is 142 Å². The van der Waals surface area contributed by atoms with Gasteiger partial charge in [0.2, 0.25) is 0 Å². The summed E-state index contributed by atoms with van der Waals surface area (Å²) in [6, 6.07) is 0. The first-order valence-electron chi connectivity index (χ1n) is 15.8. The minimum Gasteiger partial charge on any atom is -0.330 e. The van der Waals surface area contributed by atoms with E-state index in [0.717, 1.165) is 39.0 Å². The number of nitrogens with two attached hydrogens (primary N) is 4. The Kier molecular flexibility index (Phi) is 26.7.